The van der Waals surface area contributed by atoms with E-state index in [1.54, 1.807) is 16.8 Å². The lowest BCUT2D eigenvalue weighted by Gasteiger charge is -2.32. The van der Waals surface area contributed by atoms with E-state index >= 15 is 0 Å². The van der Waals surface area contributed by atoms with Gasteiger partial charge in [0.15, 0.2) is 14.7 Å². The normalized spacial score (nSPS) is 18.4. The molecule has 2 aliphatic rings. The van der Waals surface area contributed by atoms with Crippen molar-refractivity contribution in [1.29, 1.82) is 0 Å². The second-order valence-corrected chi connectivity index (χ2v) is 9.12. The van der Waals surface area contributed by atoms with Crippen LogP contribution in [0, 0.1) is 3.77 Å². The van der Waals surface area contributed by atoms with Crippen LogP contribution >= 0.6 is 50.3 Å². The number of thioether (sulfide) groups is 1. The number of unbranched alkanes of at least 4 members (excludes halogenated alkanes) is 1. The number of amides is 1. The van der Waals surface area contributed by atoms with Gasteiger partial charge in [0.2, 0.25) is 6.17 Å². The third kappa shape index (κ3) is 3.81. The Labute approximate surface area is 182 Å². The fraction of sp³-hybridized carbons (Fsp3) is 0.278. The zero-order valence-corrected chi connectivity index (χ0v) is 19.0. The molecule has 0 saturated carbocycles. The number of amidine groups is 1. The molecule has 6 nitrogen and oxygen atoms in total. The zero-order chi connectivity index (χ0) is 19.0. The van der Waals surface area contributed by atoms with Crippen LogP contribution < -0.4 is 15.9 Å². The molecule has 0 bridgehead atoms. The highest BCUT2D eigenvalue weighted by Crippen LogP contribution is 2.32. The van der Waals surface area contributed by atoms with E-state index in [-0.39, 0.29) is 5.91 Å². The molecule has 9 heteroatoms. The molecule has 0 spiro atoms. The summed E-state index contributed by atoms with van der Waals surface area (Å²) in [5, 5.41) is 11.4. The fourth-order valence-electron chi connectivity index (χ4n) is 2.88. The number of nitrogens with zero attached hydrogens (tertiary/aromatic N) is 3. The summed E-state index contributed by atoms with van der Waals surface area (Å²) >= 11 is 7.15. The first kappa shape index (κ1) is 19.0. The lowest BCUT2D eigenvalue weighted by molar-refractivity contribution is -0.116. The van der Waals surface area contributed by atoms with E-state index in [0.29, 0.717) is 16.6 Å². The van der Waals surface area contributed by atoms with Gasteiger partial charge in [0.25, 0.3) is 5.91 Å². The number of hydrogen-bond donors (Lipinski definition) is 1. The topological polar surface area (TPSA) is 70.2 Å². The number of carbonyl (C=O) groups excluding carboxylic acids is 1. The summed E-state index contributed by atoms with van der Waals surface area (Å²) < 4.78 is 7.45. The molecule has 0 radical (unpaired) electrons. The van der Waals surface area contributed by atoms with Crippen molar-refractivity contribution in [2.75, 3.05) is 5.75 Å². The van der Waals surface area contributed by atoms with Crippen molar-refractivity contribution in [2.24, 2.45) is 10.1 Å². The number of carbonyl (C=O) groups is 1. The Morgan fingerprint density at radius 2 is 2.22 bits per heavy atom. The Morgan fingerprint density at radius 3 is 2.96 bits per heavy atom. The number of benzene rings is 1. The van der Waals surface area contributed by atoms with Crippen LogP contribution in [0.2, 0.25) is 0 Å². The average Bonchev–Trinajstić information content (AvgIpc) is 3.07. The van der Waals surface area contributed by atoms with E-state index in [4.69, 9.17) is 14.5 Å². The monoisotopic (exact) mass is 558 g/mol. The minimum Gasteiger partial charge on any atom is -0.451 e. The molecule has 0 unspecified atom stereocenters. The maximum absolute atomic E-state index is 13.0. The summed E-state index contributed by atoms with van der Waals surface area (Å²) in [5.41, 5.74) is 0.484. The number of hydrazone groups is 1. The smallest absolute Gasteiger partial charge is 0.276 e. The van der Waals surface area contributed by atoms with Crippen molar-refractivity contribution in [1.82, 2.24) is 10.3 Å². The number of halogens is 2. The van der Waals surface area contributed by atoms with Crippen molar-refractivity contribution in [3.8, 4) is 0 Å². The van der Waals surface area contributed by atoms with E-state index in [1.807, 2.05) is 30.3 Å². The molecule has 2 aromatic rings. The van der Waals surface area contributed by atoms with E-state index in [2.05, 4.69) is 50.8 Å². The SMILES string of the molecule is CCCCSC1=NN2C(=c3cc(Br)ccc3=N[C@@H]2c2ccc(I)o2)C(=O)N1. The number of nitrogens with one attached hydrogen (secondary N) is 1. The molecular weight excluding hydrogens is 543 g/mol. The molecule has 0 saturated heterocycles. The first-order valence-electron chi connectivity index (χ1n) is 8.51. The summed E-state index contributed by atoms with van der Waals surface area (Å²) in [6.07, 6.45) is 1.65. The summed E-state index contributed by atoms with van der Waals surface area (Å²) in [7, 11) is 0. The van der Waals surface area contributed by atoms with Gasteiger partial charge in [-0.05, 0) is 59.3 Å². The van der Waals surface area contributed by atoms with Crippen LogP contribution in [0.1, 0.15) is 31.7 Å². The largest absolute Gasteiger partial charge is 0.451 e. The summed E-state index contributed by atoms with van der Waals surface area (Å²) in [5.74, 6) is 1.38. The molecule has 140 valence electrons. The van der Waals surface area contributed by atoms with Gasteiger partial charge >= 0.3 is 0 Å². The Kier molecular flexibility index (Phi) is 5.60. The van der Waals surface area contributed by atoms with Crippen molar-refractivity contribution in [2.45, 2.75) is 25.9 Å². The second-order valence-electron chi connectivity index (χ2n) is 6.06. The number of hydrogen-bond acceptors (Lipinski definition) is 6. The van der Waals surface area contributed by atoms with Crippen molar-refractivity contribution in [3.05, 3.63) is 54.9 Å². The summed E-state index contributed by atoms with van der Waals surface area (Å²) in [6, 6.07) is 9.47. The van der Waals surface area contributed by atoms with Gasteiger partial charge < -0.3 is 4.42 Å². The van der Waals surface area contributed by atoms with Crippen LogP contribution in [0.15, 0.2) is 49.3 Å². The van der Waals surface area contributed by atoms with Crippen LogP contribution in [-0.4, -0.2) is 21.8 Å². The van der Waals surface area contributed by atoms with Crippen LogP contribution in [0.5, 0.6) is 0 Å². The molecular formula is C18H16BrIN4O2S. The van der Waals surface area contributed by atoms with Gasteiger partial charge in [0.1, 0.15) is 5.70 Å². The van der Waals surface area contributed by atoms with Gasteiger partial charge in [-0.3, -0.25) is 10.1 Å². The van der Waals surface area contributed by atoms with Crippen LogP contribution in [0.4, 0.5) is 0 Å². The molecule has 1 atom stereocenters. The molecule has 27 heavy (non-hydrogen) atoms. The molecule has 1 amide bonds. The van der Waals surface area contributed by atoms with Crippen LogP contribution in [-0.2, 0) is 4.79 Å². The molecule has 1 aromatic heterocycles. The maximum Gasteiger partial charge on any atom is 0.276 e. The van der Waals surface area contributed by atoms with Crippen molar-refractivity contribution in [3.63, 3.8) is 0 Å². The summed E-state index contributed by atoms with van der Waals surface area (Å²) in [6.45, 7) is 2.14. The van der Waals surface area contributed by atoms with E-state index < -0.39 is 6.17 Å². The van der Waals surface area contributed by atoms with Gasteiger partial charge in [-0.1, -0.05) is 41.0 Å². The van der Waals surface area contributed by atoms with E-state index in [9.17, 15) is 4.79 Å². The third-order valence-corrected chi connectivity index (χ3v) is 6.18. The molecule has 1 N–H and O–H groups in total. The molecule has 1 aromatic carbocycles. The molecule has 2 aliphatic heterocycles. The van der Waals surface area contributed by atoms with Gasteiger partial charge in [-0.15, -0.1) is 5.10 Å². The minimum atomic E-state index is -0.509. The highest BCUT2D eigenvalue weighted by atomic mass is 127. The number of rotatable bonds is 4. The lowest BCUT2D eigenvalue weighted by atomic mass is 10.1. The van der Waals surface area contributed by atoms with E-state index in [1.165, 1.54) is 0 Å². The molecule has 4 rings (SSSR count). The third-order valence-electron chi connectivity index (χ3n) is 4.16. The van der Waals surface area contributed by atoms with Gasteiger partial charge in [-0.25, -0.2) is 10.0 Å². The van der Waals surface area contributed by atoms with Gasteiger partial charge in [0.05, 0.1) is 5.36 Å². The molecule has 0 aliphatic carbocycles. The molecule has 0 fully saturated rings. The second kappa shape index (κ2) is 7.96. The Hall–Kier alpha value is -1.33. The van der Waals surface area contributed by atoms with Crippen molar-refractivity contribution < 1.29 is 9.21 Å². The highest BCUT2D eigenvalue weighted by molar-refractivity contribution is 14.1. The predicted octanol–water partition coefficient (Wildman–Crippen LogP) is 3.32. The maximum atomic E-state index is 13.0. The van der Waals surface area contributed by atoms with Crippen LogP contribution in [0.3, 0.4) is 0 Å². The Balaban J connectivity index is 1.85. The molecule has 3 heterocycles. The highest BCUT2D eigenvalue weighted by Gasteiger charge is 2.35. The number of furan rings is 1. The van der Waals surface area contributed by atoms with E-state index in [0.717, 1.165) is 37.4 Å². The zero-order valence-electron chi connectivity index (χ0n) is 14.4. The van der Waals surface area contributed by atoms with Gasteiger partial charge in [0, 0.05) is 15.4 Å². The first-order valence-corrected chi connectivity index (χ1v) is 11.4. The lowest BCUT2D eigenvalue weighted by Crippen LogP contribution is -2.50. The minimum absolute atomic E-state index is 0.176. The predicted molar refractivity (Wildman–Crippen MR) is 117 cm³/mol. The quantitative estimate of drug-likeness (QED) is 0.462. The Morgan fingerprint density at radius 1 is 1.37 bits per heavy atom. The fourth-order valence-corrected chi connectivity index (χ4v) is 4.61. The standard InChI is InChI=1S/C18H16BrIN4O2S/c1-2-3-8-27-18-22-17(25)15-11-9-10(19)4-5-12(11)21-16(24(15)23-18)13-6-7-14(20)26-13/h4-7,9,16H,2-3,8H2,1H3,(H,22,23,25)/t16-/m0/s1. The van der Waals surface area contributed by atoms with Crippen molar-refractivity contribution >= 4 is 67.1 Å². The Bertz CT molecular complexity index is 1050. The van der Waals surface area contributed by atoms with Crippen LogP contribution in [0.25, 0.3) is 5.70 Å². The van der Waals surface area contributed by atoms with Gasteiger partial charge in [-0.2, -0.15) is 0 Å². The average molecular weight is 559 g/mol. The number of fused-ring (bicyclic) bond motifs is 2. The summed E-state index contributed by atoms with van der Waals surface area (Å²) in [4.78, 5) is 17.8. The first-order chi connectivity index (χ1) is 13.1.